The molecule has 1 radical (unpaired) electrons. The van der Waals surface area contributed by atoms with E-state index in [4.69, 9.17) is 0 Å². The second kappa shape index (κ2) is 20.7. The number of unbranched alkanes of at least 4 members (excludes halogenated alkanes) is 17. The number of allylic oxidation sites excluding steroid dienone is 2. The van der Waals surface area contributed by atoms with E-state index in [-0.39, 0.29) is 0 Å². The largest absolute Gasteiger partial charge is 0.0885 e. The van der Waals surface area contributed by atoms with Gasteiger partial charge in [-0.25, -0.2) is 0 Å². The summed E-state index contributed by atoms with van der Waals surface area (Å²) in [7, 11) is 0. The van der Waals surface area contributed by atoms with Gasteiger partial charge >= 0.3 is 0 Å². The summed E-state index contributed by atoms with van der Waals surface area (Å²) in [5.41, 5.74) is 0. The van der Waals surface area contributed by atoms with Crippen molar-refractivity contribution in [3.63, 3.8) is 0 Å². The smallest absolute Gasteiger partial charge is 0.0316 e. The summed E-state index contributed by atoms with van der Waals surface area (Å²) in [6.07, 6.45) is 30.0. The summed E-state index contributed by atoms with van der Waals surface area (Å²) in [6.45, 7) is 6.01. The van der Waals surface area contributed by atoms with Crippen molar-refractivity contribution in [2.75, 3.05) is 0 Å². The Morgan fingerprint density at radius 3 is 1.14 bits per heavy atom. The highest BCUT2D eigenvalue weighted by atomic mass is 14.0. The van der Waals surface area contributed by atoms with Crippen molar-refractivity contribution in [3.8, 4) is 0 Å². The SMILES string of the molecule is [CH2]C=CCCCCCCCCCCCCCCCCCCC. The van der Waals surface area contributed by atoms with Crippen LogP contribution < -0.4 is 0 Å². The molecule has 0 fully saturated rings. The van der Waals surface area contributed by atoms with E-state index in [1.165, 1.54) is 116 Å². The Morgan fingerprint density at radius 1 is 0.500 bits per heavy atom. The lowest BCUT2D eigenvalue weighted by Gasteiger charge is -2.03. The van der Waals surface area contributed by atoms with E-state index in [1.807, 2.05) is 6.08 Å². The van der Waals surface area contributed by atoms with Crippen LogP contribution in [0.15, 0.2) is 12.2 Å². The fraction of sp³-hybridized carbons (Fsp3) is 0.864. The second-order valence-electron chi connectivity index (χ2n) is 6.92. The quantitative estimate of drug-likeness (QED) is 0.223. The van der Waals surface area contributed by atoms with Crippen LogP contribution in [0.5, 0.6) is 0 Å². The van der Waals surface area contributed by atoms with Gasteiger partial charge < -0.3 is 0 Å². The van der Waals surface area contributed by atoms with Crippen molar-refractivity contribution >= 4 is 0 Å². The van der Waals surface area contributed by atoms with Crippen molar-refractivity contribution < 1.29 is 0 Å². The predicted octanol–water partition coefficient (Wildman–Crippen LogP) is 8.42. The lowest BCUT2D eigenvalue weighted by molar-refractivity contribution is 0.527. The molecule has 0 aromatic carbocycles. The third-order valence-corrected chi connectivity index (χ3v) is 4.64. The van der Waals surface area contributed by atoms with Crippen LogP contribution in [0.1, 0.15) is 122 Å². The monoisotopic (exact) mass is 307 g/mol. The Morgan fingerprint density at radius 2 is 0.818 bits per heavy atom. The van der Waals surface area contributed by atoms with Gasteiger partial charge in [-0.05, 0) is 19.8 Å². The van der Waals surface area contributed by atoms with Gasteiger partial charge in [-0.3, -0.25) is 0 Å². The summed E-state index contributed by atoms with van der Waals surface area (Å²) >= 11 is 0. The minimum Gasteiger partial charge on any atom is -0.0885 e. The first-order valence-electron chi connectivity index (χ1n) is 10.4. The highest BCUT2D eigenvalue weighted by molar-refractivity contribution is 4.83. The minimum atomic E-state index is 1.22. The lowest BCUT2D eigenvalue weighted by Crippen LogP contribution is -1.83. The van der Waals surface area contributed by atoms with Crippen molar-refractivity contribution in [3.05, 3.63) is 19.1 Å². The van der Waals surface area contributed by atoms with Crippen molar-refractivity contribution in [2.45, 2.75) is 122 Å². The molecule has 0 aliphatic heterocycles. The highest BCUT2D eigenvalue weighted by Crippen LogP contribution is 2.14. The third kappa shape index (κ3) is 19.7. The van der Waals surface area contributed by atoms with Crippen LogP contribution in [0.2, 0.25) is 0 Å². The Balaban J connectivity index is 2.94. The molecule has 0 aliphatic carbocycles. The summed E-state index contributed by atoms with van der Waals surface area (Å²) in [5, 5.41) is 0. The first kappa shape index (κ1) is 21.7. The molecule has 131 valence electrons. The first-order chi connectivity index (χ1) is 10.9. The predicted molar refractivity (Wildman–Crippen MR) is 103 cm³/mol. The zero-order valence-corrected chi connectivity index (χ0v) is 15.6. The van der Waals surface area contributed by atoms with E-state index in [0.29, 0.717) is 0 Å². The molecule has 0 aromatic heterocycles. The zero-order valence-electron chi connectivity index (χ0n) is 15.6. The second-order valence-corrected chi connectivity index (χ2v) is 6.92. The van der Waals surface area contributed by atoms with Gasteiger partial charge in [0.15, 0.2) is 0 Å². The van der Waals surface area contributed by atoms with E-state index < -0.39 is 0 Å². The normalized spacial score (nSPS) is 11.5. The molecule has 0 aliphatic rings. The molecule has 0 amide bonds. The first-order valence-corrected chi connectivity index (χ1v) is 10.4. The van der Waals surface area contributed by atoms with E-state index in [0.717, 1.165) is 0 Å². The number of rotatable bonds is 18. The topological polar surface area (TPSA) is 0 Å². The summed E-state index contributed by atoms with van der Waals surface area (Å²) < 4.78 is 0. The van der Waals surface area contributed by atoms with Crippen molar-refractivity contribution in [2.24, 2.45) is 0 Å². The zero-order chi connectivity index (χ0) is 16.1. The Bertz CT molecular complexity index is 204. The van der Waals surface area contributed by atoms with Crippen LogP contribution in [0, 0.1) is 6.92 Å². The highest BCUT2D eigenvalue weighted by Gasteiger charge is 1.94. The lowest BCUT2D eigenvalue weighted by atomic mass is 10.0. The molecular weight excluding hydrogens is 264 g/mol. The Hall–Kier alpha value is -0.260. The average molecular weight is 308 g/mol. The van der Waals surface area contributed by atoms with Crippen LogP contribution in [0.25, 0.3) is 0 Å². The standard InChI is InChI=1S/C22H43/c1-3-5-7-9-11-13-15-17-19-21-22-20-18-16-14-12-10-8-6-4-2/h3,5H,1,4,6-22H2,2H3. The molecule has 0 bridgehead atoms. The van der Waals surface area contributed by atoms with Gasteiger partial charge in [-0.1, -0.05) is 122 Å². The van der Waals surface area contributed by atoms with Gasteiger partial charge in [0.25, 0.3) is 0 Å². The van der Waals surface area contributed by atoms with Gasteiger partial charge in [0.2, 0.25) is 0 Å². The number of hydrogen-bond donors (Lipinski definition) is 0. The van der Waals surface area contributed by atoms with Crippen molar-refractivity contribution in [1.82, 2.24) is 0 Å². The molecule has 0 nitrogen and oxygen atoms in total. The van der Waals surface area contributed by atoms with Gasteiger partial charge in [0, 0.05) is 0 Å². The van der Waals surface area contributed by atoms with Crippen LogP contribution >= 0.6 is 0 Å². The summed E-state index contributed by atoms with van der Waals surface area (Å²) in [5.74, 6) is 0. The van der Waals surface area contributed by atoms with Gasteiger partial charge in [-0.2, -0.15) is 0 Å². The summed E-state index contributed by atoms with van der Waals surface area (Å²) in [6, 6.07) is 0. The van der Waals surface area contributed by atoms with Gasteiger partial charge in [-0.15, -0.1) is 0 Å². The fourth-order valence-electron chi connectivity index (χ4n) is 3.10. The van der Waals surface area contributed by atoms with E-state index >= 15 is 0 Å². The Kier molecular flexibility index (Phi) is 20.5. The molecule has 0 rings (SSSR count). The Labute approximate surface area is 142 Å². The van der Waals surface area contributed by atoms with Gasteiger partial charge in [0.1, 0.15) is 0 Å². The molecule has 22 heavy (non-hydrogen) atoms. The molecule has 0 saturated carbocycles. The van der Waals surface area contributed by atoms with E-state index in [9.17, 15) is 0 Å². The van der Waals surface area contributed by atoms with Gasteiger partial charge in [0.05, 0.1) is 0 Å². The molecule has 0 N–H and O–H groups in total. The van der Waals surface area contributed by atoms with E-state index in [2.05, 4.69) is 19.9 Å². The molecular formula is C22H43. The molecule has 0 unspecified atom stereocenters. The molecule has 0 spiro atoms. The minimum absolute atomic E-state index is 1.22. The maximum atomic E-state index is 3.72. The van der Waals surface area contributed by atoms with Crippen LogP contribution in [0.4, 0.5) is 0 Å². The fourth-order valence-corrected chi connectivity index (χ4v) is 3.10. The summed E-state index contributed by atoms with van der Waals surface area (Å²) in [4.78, 5) is 0. The third-order valence-electron chi connectivity index (χ3n) is 4.64. The molecule has 0 heterocycles. The molecule has 0 saturated heterocycles. The molecule has 0 aromatic rings. The van der Waals surface area contributed by atoms with Crippen LogP contribution in [-0.2, 0) is 0 Å². The van der Waals surface area contributed by atoms with E-state index in [1.54, 1.807) is 0 Å². The maximum absolute atomic E-state index is 3.72. The van der Waals surface area contributed by atoms with Crippen molar-refractivity contribution in [1.29, 1.82) is 0 Å². The molecule has 0 atom stereocenters. The average Bonchev–Trinajstić information content (AvgIpc) is 2.54. The van der Waals surface area contributed by atoms with Crippen LogP contribution in [0.3, 0.4) is 0 Å². The number of hydrogen-bond acceptors (Lipinski definition) is 0. The maximum Gasteiger partial charge on any atom is -0.0316 e. The molecule has 0 heteroatoms. The van der Waals surface area contributed by atoms with Crippen LogP contribution in [-0.4, -0.2) is 0 Å².